The number of benzene rings is 2. The average molecular weight is 348 g/mol. The molecule has 2 N–H and O–H groups in total. The summed E-state index contributed by atoms with van der Waals surface area (Å²) >= 11 is 1.63. The van der Waals surface area contributed by atoms with Crippen LogP contribution < -0.4 is 5.32 Å². The quantitative estimate of drug-likeness (QED) is 0.587. The Bertz CT molecular complexity index is 1030. The molecule has 5 nitrogen and oxygen atoms in total. The Morgan fingerprint density at radius 1 is 1.16 bits per heavy atom. The number of hydrogen-bond donors (Lipinski definition) is 2. The summed E-state index contributed by atoms with van der Waals surface area (Å²) in [5.74, 6) is -0.183. The first-order valence-corrected chi connectivity index (χ1v) is 8.81. The Balaban J connectivity index is 1.45. The molecule has 0 aliphatic carbocycles. The van der Waals surface area contributed by atoms with E-state index >= 15 is 0 Å². The molecule has 0 spiro atoms. The summed E-state index contributed by atoms with van der Waals surface area (Å²) in [6.07, 6.45) is 0. The first-order chi connectivity index (χ1) is 12.2. The van der Waals surface area contributed by atoms with E-state index in [9.17, 15) is 4.79 Å². The lowest BCUT2D eigenvalue weighted by molar-refractivity contribution is 0.0947. The van der Waals surface area contributed by atoms with Crippen molar-refractivity contribution in [3.63, 3.8) is 0 Å². The normalized spacial score (nSPS) is 10.9. The van der Waals surface area contributed by atoms with Crippen LogP contribution in [0.2, 0.25) is 0 Å². The second-order valence-corrected chi connectivity index (χ2v) is 6.65. The molecule has 6 heteroatoms. The van der Waals surface area contributed by atoms with E-state index in [1.165, 1.54) is 0 Å². The Kier molecular flexibility index (Phi) is 4.03. The summed E-state index contributed by atoms with van der Waals surface area (Å²) < 4.78 is 0. The predicted octanol–water partition coefficient (Wildman–Crippen LogP) is 3.92. The molecule has 0 saturated heterocycles. The van der Waals surface area contributed by atoms with E-state index in [0.29, 0.717) is 12.2 Å². The lowest BCUT2D eigenvalue weighted by Crippen LogP contribution is -2.23. The number of aryl methyl sites for hydroxylation is 1. The van der Waals surface area contributed by atoms with Crippen LogP contribution in [-0.4, -0.2) is 21.1 Å². The highest BCUT2D eigenvalue weighted by atomic mass is 32.1. The van der Waals surface area contributed by atoms with E-state index in [2.05, 4.69) is 20.5 Å². The number of rotatable bonds is 4. The molecule has 2 aromatic heterocycles. The zero-order chi connectivity index (χ0) is 17.2. The van der Waals surface area contributed by atoms with Crippen molar-refractivity contribution in [2.24, 2.45) is 0 Å². The van der Waals surface area contributed by atoms with Crippen LogP contribution in [0.1, 0.15) is 21.7 Å². The molecule has 0 aliphatic rings. The van der Waals surface area contributed by atoms with Crippen LogP contribution in [0.5, 0.6) is 0 Å². The third kappa shape index (κ3) is 3.16. The van der Waals surface area contributed by atoms with Crippen LogP contribution in [0.4, 0.5) is 0 Å². The van der Waals surface area contributed by atoms with Gasteiger partial charge in [0, 0.05) is 28.6 Å². The summed E-state index contributed by atoms with van der Waals surface area (Å²) in [5, 5.41) is 13.8. The van der Waals surface area contributed by atoms with Crippen molar-refractivity contribution in [2.45, 2.75) is 13.5 Å². The molecule has 124 valence electrons. The molecule has 0 bridgehead atoms. The van der Waals surface area contributed by atoms with E-state index in [0.717, 1.165) is 32.7 Å². The Labute approximate surface area is 148 Å². The van der Waals surface area contributed by atoms with Gasteiger partial charge in [-0.1, -0.05) is 42.5 Å². The number of aromatic amines is 1. The zero-order valence-corrected chi connectivity index (χ0v) is 14.4. The number of amides is 1. The first kappa shape index (κ1) is 15.5. The number of carbonyl (C=O) groups is 1. The van der Waals surface area contributed by atoms with Crippen molar-refractivity contribution in [3.05, 3.63) is 70.9 Å². The molecular formula is C19H16N4OS. The average Bonchev–Trinajstić information content (AvgIpc) is 3.26. The van der Waals surface area contributed by atoms with Crippen LogP contribution >= 0.6 is 11.3 Å². The fourth-order valence-electron chi connectivity index (χ4n) is 2.65. The van der Waals surface area contributed by atoms with Gasteiger partial charge in [-0.15, -0.1) is 11.3 Å². The van der Waals surface area contributed by atoms with Crippen molar-refractivity contribution in [2.75, 3.05) is 0 Å². The fraction of sp³-hybridized carbons (Fsp3) is 0.105. The maximum atomic E-state index is 12.4. The number of nitrogens with zero attached hydrogens (tertiary/aromatic N) is 2. The molecule has 0 unspecified atom stereocenters. The fourth-order valence-corrected chi connectivity index (χ4v) is 3.46. The molecule has 1 amide bonds. The number of thiazole rings is 1. The van der Waals surface area contributed by atoms with Gasteiger partial charge in [-0.05, 0) is 18.6 Å². The second-order valence-electron chi connectivity index (χ2n) is 5.79. The van der Waals surface area contributed by atoms with Crippen molar-refractivity contribution in [3.8, 4) is 10.6 Å². The van der Waals surface area contributed by atoms with Gasteiger partial charge in [0.2, 0.25) is 0 Å². The highest BCUT2D eigenvalue weighted by Crippen LogP contribution is 2.23. The van der Waals surface area contributed by atoms with E-state index in [1.807, 2.05) is 60.8 Å². The highest BCUT2D eigenvalue weighted by molar-refractivity contribution is 7.13. The molecule has 2 heterocycles. The van der Waals surface area contributed by atoms with Gasteiger partial charge in [0.25, 0.3) is 5.91 Å². The number of carbonyl (C=O) groups excluding carboxylic acids is 1. The van der Waals surface area contributed by atoms with Gasteiger partial charge in [0.15, 0.2) is 5.69 Å². The maximum absolute atomic E-state index is 12.4. The van der Waals surface area contributed by atoms with E-state index in [-0.39, 0.29) is 5.91 Å². The van der Waals surface area contributed by atoms with Gasteiger partial charge >= 0.3 is 0 Å². The Hall–Kier alpha value is -2.99. The molecule has 0 saturated carbocycles. The molecule has 0 fully saturated rings. The molecular weight excluding hydrogens is 332 g/mol. The second kappa shape index (κ2) is 6.49. The monoisotopic (exact) mass is 348 g/mol. The lowest BCUT2D eigenvalue weighted by atomic mass is 10.1. The highest BCUT2D eigenvalue weighted by Gasteiger charge is 2.13. The maximum Gasteiger partial charge on any atom is 0.272 e. The zero-order valence-electron chi connectivity index (χ0n) is 13.6. The van der Waals surface area contributed by atoms with E-state index in [4.69, 9.17) is 0 Å². The number of hydrogen-bond acceptors (Lipinski definition) is 4. The topological polar surface area (TPSA) is 70.7 Å². The van der Waals surface area contributed by atoms with Gasteiger partial charge in [-0.3, -0.25) is 9.89 Å². The van der Waals surface area contributed by atoms with Crippen LogP contribution in [0.3, 0.4) is 0 Å². The van der Waals surface area contributed by atoms with Gasteiger partial charge < -0.3 is 5.32 Å². The number of nitrogens with one attached hydrogen (secondary N) is 2. The lowest BCUT2D eigenvalue weighted by Gasteiger charge is -2.05. The minimum Gasteiger partial charge on any atom is -0.347 e. The summed E-state index contributed by atoms with van der Waals surface area (Å²) in [4.78, 5) is 16.9. The number of para-hydroxylation sites is 1. The van der Waals surface area contributed by atoms with Crippen molar-refractivity contribution < 1.29 is 4.79 Å². The molecule has 4 aromatic rings. The molecule has 0 aliphatic heterocycles. The minimum atomic E-state index is -0.183. The van der Waals surface area contributed by atoms with Crippen molar-refractivity contribution >= 4 is 28.1 Å². The molecule has 0 atom stereocenters. The summed E-state index contributed by atoms with van der Waals surface area (Å²) in [6.45, 7) is 2.44. The van der Waals surface area contributed by atoms with Gasteiger partial charge in [-0.2, -0.15) is 5.10 Å². The smallest absolute Gasteiger partial charge is 0.272 e. The Morgan fingerprint density at radius 2 is 1.96 bits per heavy atom. The molecule has 25 heavy (non-hydrogen) atoms. The molecule has 0 radical (unpaired) electrons. The van der Waals surface area contributed by atoms with Crippen LogP contribution in [-0.2, 0) is 6.54 Å². The van der Waals surface area contributed by atoms with Crippen LogP contribution in [0.25, 0.3) is 21.5 Å². The predicted molar refractivity (Wildman–Crippen MR) is 99.6 cm³/mol. The largest absolute Gasteiger partial charge is 0.347 e. The van der Waals surface area contributed by atoms with Gasteiger partial charge in [0.05, 0.1) is 5.52 Å². The minimum absolute atomic E-state index is 0.183. The van der Waals surface area contributed by atoms with Crippen molar-refractivity contribution in [1.82, 2.24) is 20.5 Å². The van der Waals surface area contributed by atoms with E-state index < -0.39 is 0 Å². The third-order valence-electron chi connectivity index (χ3n) is 3.96. The number of fused-ring (bicyclic) bond motifs is 1. The van der Waals surface area contributed by atoms with Gasteiger partial charge in [-0.25, -0.2) is 4.98 Å². The van der Waals surface area contributed by atoms with Gasteiger partial charge in [0.1, 0.15) is 5.01 Å². The Morgan fingerprint density at radius 3 is 2.72 bits per heavy atom. The number of aromatic nitrogens is 3. The summed E-state index contributed by atoms with van der Waals surface area (Å²) in [6, 6.07) is 15.7. The first-order valence-electron chi connectivity index (χ1n) is 7.93. The SMILES string of the molecule is Cc1csc(-c2ccc(CNC(=O)c3n[nH]c4ccccc34)cc2)n1. The standard InChI is InChI=1S/C19H16N4OS/c1-12-11-25-19(21-12)14-8-6-13(7-9-14)10-20-18(24)17-15-4-2-3-5-16(15)22-23-17/h2-9,11H,10H2,1H3,(H,20,24)(H,22,23). The summed E-state index contributed by atoms with van der Waals surface area (Å²) in [5.41, 5.74) is 4.43. The third-order valence-corrected chi connectivity index (χ3v) is 4.97. The molecule has 2 aromatic carbocycles. The number of H-pyrrole nitrogens is 1. The van der Waals surface area contributed by atoms with Crippen LogP contribution in [0.15, 0.2) is 53.9 Å². The van der Waals surface area contributed by atoms with E-state index in [1.54, 1.807) is 11.3 Å². The molecule has 4 rings (SSSR count). The van der Waals surface area contributed by atoms with Crippen molar-refractivity contribution in [1.29, 1.82) is 0 Å². The summed E-state index contributed by atoms with van der Waals surface area (Å²) in [7, 11) is 0. The van der Waals surface area contributed by atoms with Crippen LogP contribution in [0, 0.1) is 6.92 Å².